The van der Waals surface area contributed by atoms with Gasteiger partial charge in [-0.1, -0.05) is 53.0 Å². The molecule has 47 heavy (non-hydrogen) atoms. The maximum atomic E-state index is 9.27. The van der Waals surface area contributed by atoms with Gasteiger partial charge in [-0.05, 0) is 107 Å². The summed E-state index contributed by atoms with van der Waals surface area (Å²) in [7, 11) is 0. The van der Waals surface area contributed by atoms with Gasteiger partial charge >= 0.3 is 0 Å². The fourth-order valence-electron chi connectivity index (χ4n) is 5.94. The van der Waals surface area contributed by atoms with Crippen LogP contribution in [0.1, 0.15) is 2.74 Å². The maximum Gasteiger partial charge on any atom is 0.147 e. The lowest BCUT2D eigenvalue weighted by atomic mass is 9.95. The van der Waals surface area contributed by atoms with Gasteiger partial charge in [-0.25, -0.2) is 0 Å². The Hall–Kier alpha value is -5.90. The Balaban J connectivity index is 1.19. The van der Waals surface area contributed by atoms with Crippen molar-refractivity contribution in [3.8, 4) is 32.3 Å². The lowest BCUT2D eigenvalue weighted by Crippen LogP contribution is -2.09. The highest BCUT2D eigenvalue weighted by atomic mass is 32.1. The van der Waals surface area contributed by atoms with Crippen LogP contribution in [-0.2, 0) is 0 Å². The highest BCUT2D eigenvalue weighted by Gasteiger charge is 2.16. The molecule has 222 valence electrons. The Labute approximate surface area is 280 Å². The van der Waals surface area contributed by atoms with E-state index in [0.29, 0.717) is 22.9 Å². The van der Waals surface area contributed by atoms with E-state index in [2.05, 4.69) is 41.3 Å². The molecule has 0 spiro atoms. The molecule has 4 aromatic heterocycles. The highest BCUT2D eigenvalue weighted by Crippen LogP contribution is 2.39. The van der Waals surface area contributed by atoms with Crippen molar-refractivity contribution in [1.29, 1.82) is 0 Å². The summed E-state index contributed by atoms with van der Waals surface area (Å²) in [4.78, 5) is 11.4. The second-order valence-corrected chi connectivity index (χ2v) is 12.6. The van der Waals surface area contributed by atoms with Gasteiger partial charge in [0.15, 0.2) is 0 Å². The molecular weight excluding hydrogens is 619 g/mol. The van der Waals surface area contributed by atoms with Crippen LogP contribution in [0.15, 0.2) is 139 Å². The summed E-state index contributed by atoms with van der Waals surface area (Å²) in [6.07, 6.45) is 3.56. The van der Waals surface area contributed by atoms with Gasteiger partial charge in [0, 0.05) is 51.4 Å². The summed E-state index contributed by atoms with van der Waals surface area (Å²) < 4.78 is 18.5. The van der Waals surface area contributed by atoms with E-state index in [1.165, 1.54) is 22.7 Å². The minimum Gasteiger partial charge on any atom is -0.310 e. The van der Waals surface area contributed by atoms with Crippen LogP contribution in [0.4, 0.5) is 17.1 Å². The van der Waals surface area contributed by atoms with Gasteiger partial charge in [-0.3, -0.25) is 9.97 Å². The summed E-state index contributed by atoms with van der Waals surface area (Å²) in [6.45, 7) is 0. The van der Waals surface area contributed by atoms with Crippen LogP contribution in [0.25, 0.3) is 64.8 Å². The topological polar surface area (TPSA) is 80.6 Å². The first-order valence-corrected chi connectivity index (χ1v) is 16.6. The molecule has 0 N–H and O–H groups in total. The van der Waals surface area contributed by atoms with Gasteiger partial charge in [0.05, 0.1) is 13.8 Å². The monoisotopic (exact) mass is 643 g/mol. The summed E-state index contributed by atoms with van der Waals surface area (Å²) in [5, 5.41) is 21.4. The van der Waals surface area contributed by atoms with Gasteiger partial charge in [0.2, 0.25) is 0 Å². The largest absolute Gasteiger partial charge is 0.310 e. The number of nitrogens with zero attached hydrogens (tertiary/aromatic N) is 7. The first kappa shape index (κ1) is 25.3. The van der Waals surface area contributed by atoms with E-state index in [0.717, 1.165) is 71.1 Å². The molecular formula is C38H23N7S2. The van der Waals surface area contributed by atoms with Gasteiger partial charge in [0.1, 0.15) is 21.0 Å². The Morgan fingerprint density at radius 1 is 0.532 bits per heavy atom. The van der Waals surface area contributed by atoms with Crippen molar-refractivity contribution < 1.29 is 2.74 Å². The average Bonchev–Trinajstić information content (AvgIpc) is 3.89. The summed E-state index contributed by atoms with van der Waals surface area (Å²) in [5.74, 6) is 0. The second-order valence-electron chi connectivity index (χ2n) is 10.9. The summed E-state index contributed by atoms with van der Waals surface area (Å²) >= 11 is 2.98. The van der Waals surface area contributed by atoms with E-state index in [-0.39, 0.29) is 0 Å². The first-order valence-electron chi connectivity index (χ1n) is 15.8. The van der Waals surface area contributed by atoms with E-state index >= 15 is 0 Å². The summed E-state index contributed by atoms with van der Waals surface area (Å²) in [5.41, 5.74) is 11.5. The Bertz CT molecular complexity index is 2550. The molecule has 0 unspecified atom stereocenters. The third-order valence-corrected chi connectivity index (χ3v) is 9.62. The predicted octanol–water partition coefficient (Wildman–Crippen LogP) is 10.1. The fourth-order valence-corrected chi connectivity index (χ4v) is 7.06. The van der Waals surface area contributed by atoms with E-state index in [1.807, 2.05) is 97.1 Å². The molecule has 4 heterocycles. The number of aromatic nitrogens is 6. The molecule has 0 amide bonds. The number of hydrogen-bond donors (Lipinski definition) is 0. The van der Waals surface area contributed by atoms with Crippen molar-refractivity contribution in [2.75, 3.05) is 4.90 Å². The third kappa shape index (κ3) is 4.98. The van der Waals surface area contributed by atoms with Crippen LogP contribution in [-0.4, -0.2) is 30.4 Å². The van der Waals surface area contributed by atoms with Crippen molar-refractivity contribution in [2.24, 2.45) is 0 Å². The zero-order valence-corrected chi connectivity index (χ0v) is 26.2. The number of benzene rings is 5. The molecule has 9 rings (SSSR count). The molecule has 9 aromatic rings. The predicted molar refractivity (Wildman–Crippen MR) is 192 cm³/mol. The Kier molecular flexibility index (Phi) is 6.18. The van der Waals surface area contributed by atoms with Crippen LogP contribution in [0.2, 0.25) is 0 Å². The molecule has 9 heteroatoms. The molecule has 0 saturated heterocycles. The van der Waals surface area contributed by atoms with Crippen LogP contribution in [0, 0.1) is 0 Å². The fraction of sp³-hybridized carbons (Fsp3) is 0. The summed E-state index contributed by atoms with van der Waals surface area (Å²) in [6, 6.07) is 34.7. The zero-order valence-electron chi connectivity index (χ0n) is 26.6. The average molecular weight is 644 g/mol. The molecule has 0 bridgehead atoms. The van der Waals surface area contributed by atoms with Crippen molar-refractivity contribution in [3.63, 3.8) is 0 Å². The van der Waals surface area contributed by atoms with Crippen molar-refractivity contribution in [3.05, 3.63) is 139 Å². The van der Waals surface area contributed by atoms with Crippen molar-refractivity contribution in [2.45, 2.75) is 0 Å². The minimum absolute atomic E-state index is 0.327. The number of rotatable bonds is 6. The van der Waals surface area contributed by atoms with Crippen molar-refractivity contribution >= 4 is 72.3 Å². The number of anilines is 3. The quantitative estimate of drug-likeness (QED) is 0.167. The molecule has 0 radical (unpaired) electrons. The number of pyridine rings is 2. The Morgan fingerprint density at radius 2 is 1.15 bits per heavy atom. The van der Waals surface area contributed by atoms with Crippen LogP contribution >= 0.6 is 22.7 Å². The Morgan fingerprint density at radius 3 is 1.81 bits per heavy atom. The lowest BCUT2D eigenvalue weighted by Gasteiger charge is -2.26. The second kappa shape index (κ2) is 11.5. The molecule has 0 fully saturated rings. The molecule has 0 atom stereocenters. The van der Waals surface area contributed by atoms with E-state index < -0.39 is 0 Å². The van der Waals surface area contributed by atoms with Crippen LogP contribution in [0.3, 0.4) is 0 Å². The molecule has 5 aromatic carbocycles. The molecule has 0 saturated carbocycles. The van der Waals surface area contributed by atoms with Gasteiger partial charge in [-0.2, -0.15) is 0 Å². The zero-order chi connectivity index (χ0) is 32.9. The van der Waals surface area contributed by atoms with Crippen LogP contribution < -0.4 is 4.90 Å². The van der Waals surface area contributed by atoms with E-state index in [4.69, 9.17) is 0 Å². The van der Waals surface area contributed by atoms with Crippen molar-refractivity contribution in [1.82, 2.24) is 30.4 Å². The molecule has 0 aliphatic carbocycles. The van der Waals surface area contributed by atoms with E-state index in [1.54, 1.807) is 23.4 Å². The minimum atomic E-state index is 0.327. The standard InChI is InChI=1S/C38H23N7S2/c1-3-29-21-34(33-4-2-18-40-36(33)35(29)39-17-1)28-6-5-27-20-32(16-11-26(27)19-28)45(30-12-7-24(8-13-30)37-43-41-22-46-37)31-14-9-25(10-15-31)38-44-42-23-47-38/h1-23H/i5D,11D. The van der Waals surface area contributed by atoms with E-state index in [9.17, 15) is 2.74 Å². The van der Waals surface area contributed by atoms with Gasteiger partial charge in [0.25, 0.3) is 0 Å². The highest BCUT2D eigenvalue weighted by molar-refractivity contribution is 7.13. The number of hydrogen-bond acceptors (Lipinski definition) is 9. The third-order valence-electron chi connectivity index (χ3n) is 8.14. The molecule has 0 aliphatic heterocycles. The SMILES string of the molecule is [2H]c1cc(N(c2ccc(-c3nncs3)cc2)c2ccc(-c3nncs3)cc2)cc2c([2H])cc(-c3cc4cccnc4c4ncccc34)cc12. The van der Waals surface area contributed by atoms with Crippen LogP contribution in [0.5, 0.6) is 0 Å². The maximum absolute atomic E-state index is 9.27. The van der Waals surface area contributed by atoms with Gasteiger partial charge < -0.3 is 4.90 Å². The smallest absolute Gasteiger partial charge is 0.147 e. The molecule has 7 nitrogen and oxygen atoms in total. The molecule has 0 aliphatic rings. The number of fused-ring (bicyclic) bond motifs is 4. The van der Waals surface area contributed by atoms with Gasteiger partial charge in [-0.15, -0.1) is 20.4 Å². The first-order chi connectivity index (χ1) is 24.1. The normalized spacial score (nSPS) is 12.0. The lowest BCUT2D eigenvalue weighted by molar-refractivity contribution is 1.09.